The average molecular weight is 367 g/mol. The van der Waals surface area contributed by atoms with Gasteiger partial charge in [-0.15, -0.1) is 0 Å². The van der Waals surface area contributed by atoms with Crippen molar-refractivity contribution in [2.24, 2.45) is 0 Å². The Balaban J connectivity index is 1.57. The third-order valence-electron chi connectivity index (χ3n) is 4.86. The monoisotopic (exact) mass is 367 g/mol. The number of aryl methyl sites for hydroxylation is 3. The maximum Gasteiger partial charge on any atom is 0.226 e. The molecule has 0 radical (unpaired) electrons. The summed E-state index contributed by atoms with van der Waals surface area (Å²) in [6, 6.07) is 12.3. The van der Waals surface area contributed by atoms with Gasteiger partial charge in [0.15, 0.2) is 0 Å². The highest BCUT2D eigenvalue weighted by Gasteiger charge is 2.15. The first-order valence-corrected chi connectivity index (χ1v) is 9.58. The summed E-state index contributed by atoms with van der Waals surface area (Å²) >= 11 is 0. The Morgan fingerprint density at radius 3 is 2.44 bits per heavy atom. The van der Waals surface area contributed by atoms with Gasteiger partial charge in [-0.2, -0.15) is 0 Å². The van der Waals surface area contributed by atoms with Crippen LogP contribution in [0.3, 0.4) is 0 Å². The van der Waals surface area contributed by atoms with Crippen LogP contribution in [0.1, 0.15) is 23.1 Å². The van der Waals surface area contributed by atoms with Crippen LogP contribution in [-0.4, -0.2) is 38.8 Å². The zero-order valence-electron chi connectivity index (χ0n) is 16.5. The molecule has 2 aromatic rings. The van der Waals surface area contributed by atoms with Crippen LogP contribution in [-0.2, 0) is 9.53 Å². The van der Waals surface area contributed by atoms with Crippen LogP contribution in [0.25, 0.3) is 0 Å². The van der Waals surface area contributed by atoms with Gasteiger partial charge in [0.1, 0.15) is 0 Å². The van der Waals surface area contributed by atoms with Gasteiger partial charge in [0.05, 0.1) is 24.6 Å². The Labute approximate surface area is 161 Å². The second kappa shape index (κ2) is 8.91. The lowest BCUT2D eigenvalue weighted by atomic mass is 10.1. The maximum atomic E-state index is 12.5. The number of hydrogen-bond acceptors (Lipinski definition) is 4. The van der Waals surface area contributed by atoms with Gasteiger partial charge in [-0.05, 0) is 44.0 Å². The summed E-state index contributed by atoms with van der Waals surface area (Å²) in [6.07, 6.45) is 0.421. The molecule has 1 saturated heterocycles. The molecule has 5 heteroatoms. The zero-order valence-corrected chi connectivity index (χ0v) is 16.5. The van der Waals surface area contributed by atoms with Crippen LogP contribution in [0, 0.1) is 20.8 Å². The van der Waals surface area contributed by atoms with E-state index in [-0.39, 0.29) is 5.91 Å². The molecule has 5 nitrogen and oxygen atoms in total. The summed E-state index contributed by atoms with van der Waals surface area (Å²) < 4.78 is 5.43. The Morgan fingerprint density at radius 1 is 1.07 bits per heavy atom. The maximum absolute atomic E-state index is 12.5. The fourth-order valence-corrected chi connectivity index (χ4v) is 3.63. The van der Waals surface area contributed by atoms with E-state index in [0.29, 0.717) is 13.0 Å². The van der Waals surface area contributed by atoms with Crippen LogP contribution in [0.2, 0.25) is 0 Å². The lowest BCUT2D eigenvalue weighted by Gasteiger charge is -2.30. The van der Waals surface area contributed by atoms with Crippen molar-refractivity contribution >= 4 is 23.0 Å². The molecular weight excluding hydrogens is 338 g/mol. The van der Waals surface area contributed by atoms with E-state index in [9.17, 15) is 4.79 Å². The molecule has 1 amide bonds. The summed E-state index contributed by atoms with van der Waals surface area (Å²) in [5, 5.41) is 6.49. The van der Waals surface area contributed by atoms with Gasteiger partial charge in [0.25, 0.3) is 0 Å². The first kappa shape index (κ1) is 19.2. The third-order valence-corrected chi connectivity index (χ3v) is 4.86. The number of rotatable bonds is 6. The standard InChI is InChI=1S/C22H29N3O2/c1-16-14-17(2)22(18(3)15-16)23-9-8-21(26)24-19-6-4-5-7-20(19)25-10-12-27-13-11-25/h4-7,14-15,23H,8-13H2,1-3H3,(H,24,26). The van der Waals surface area contributed by atoms with Crippen LogP contribution >= 0.6 is 0 Å². The van der Waals surface area contributed by atoms with Gasteiger partial charge in [0.2, 0.25) is 5.91 Å². The number of anilines is 3. The van der Waals surface area contributed by atoms with E-state index in [0.717, 1.165) is 43.4 Å². The molecular formula is C22H29N3O2. The molecule has 0 aliphatic carbocycles. The number of hydrogen-bond donors (Lipinski definition) is 2. The smallest absolute Gasteiger partial charge is 0.226 e. The molecule has 0 spiro atoms. The number of benzene rings is 2. The molecule has 27 heavy (non-hydrogen) atoms. The Hall–Kier alpha value is -2.53. The molecule has 1 fully saturated rings. The second-order valence-corrected chi connectivity index (χ2v) is 7.12. The normalized spacial score (nSPS) is 14.1. The van der Waals surface area contributed by atoms with Crippen molar-refractivity contribution in [2.45, 2.75) is 27.2 Å². The van der Waals surface area contributed by atoms with Crippen LogP contribution < -0.4 is 15.5 Å². The zero-order chi connectivity index (χ0) is 19.2. The molecule has 2 N–H and O–H groups in total. The predicted octanol–water partition coefficient (Wildman–Crippen LogP) is 3.89. The van der Waals surface area contributed by atoms with Crippen molar-refractivity contribution < 1.29 is 9.53 Å². The van der Waals surface area contributed by atoms with Crippen molar-refractivity contribution in [1.29, 1.82) is 0 Å². The first-order valence-electron chi connectivity index (χ1n) is 9.58. The lowest BCUT2D eigenvalue weighted by Crippen LogP contribution is -2.36. The van der Waals surface area contributed by atoms with Crippen molar-refractivity contribution in [3.05, 3.63) is 53.1 Å². The van der Waals surface area contributed by atoms with Gasteiger partial charge in [-0.3, -0.25) is 4.79 Å². The summed E-state index contributed by atoms with van der Waals surface area (Å²) in [6.45, 7) is 10.0. The molecule has 1 heterocycles. The summed E-state index contributed by atoms with van der Waals surface area (Å²) in [5.74, 6) is 0.0191. The van der Waals surface area contributed by atoms with Crippen molar-refractivity contribution in [3.8, 4) is 0 Å². The fraction of sp³-hybridized carbons (Fsp3) is 0.409. The summed E-state index contributed by atoms with van der Waals surface area (Å²) in [5.41, 5.74) is 6.74. The van der Waals surface area contributed by atoms with E-state index >= 15 is 0 Å². The highest BCUT2D eigenvalue weighted by atomic mass is 16.5. The Bertz CT molecular complexity index is 775. The van der Waals surface area contributed by atoms with E-state index in [2.05, 4.69) is 54.5 Å². The van der Waals surface area contributed by atoms with Crippen molar-refractivity contribution in [3.63, 3.8) is 0 Å². The molecule has 0 atom stereocenters. The van der Waals surface area contributed by atoms with Gasteiger partial charge in [0, 0.05) is 31.7 Å². The number of para-hydroxylation sites is 2. The minimum Gasteiger partial charge on any atom is -0.384 e. The second-order valence-electron chi connectivity index (χ2n) is 7.12. The molecule has 0 bridgehead atoms. The number of ether oxygens (including phenoxy) is 1. The Morgan fingerprint density at radius 2 is 1.74 bits per heavy atom. The van der Waals surface area contributed by atoms with E-state index < -0.39 is 0 Å². The molecule has 0 unspecified atom stereocenters. The third kappa shape index (κ3) is 5.01. The Kier molecular flexibility index (Phi) is 6.35. The first-order chi connectivity index (χ1) is 13.0. The largest absolute Gasteiger partial charge is 0.384 e. The average Bonchev–Trinajstić information content (AvgIpc) is 2.65. The van der Waals surface area contributed by atoms with E-state index in [1.165, 1.54) is 16.7 Å². The number of carbonyl (C=O) groups excluding carboxylic acids is 1. The molecule has 0 aromatic heterocycles. The SMILES string of the molecule is Cc1cc(C)c(NCCC(=O)Nc2ccccc2N2CCOCC2)c(C)c1. The van der Waals surface area contributed by atoms with Crippen molar-refractivity contribution in [1.82, 2.24) is 0 Å². The van der Waals surface area contributed by atoms with E-state index in [1.807, 2.05) is 18.2 Å². The fourth-order valence-electron chi connectivity index (χ4n) is 3.63. The number of nitrogens with zero attached hydrogens (tertiary/aromatic N) is 1. The van der Waals surface area contributed by atoms with Gasteiger partial charge >= 0.3 is 0 Å². The summed E-state index contributed by atoms with van der Waals surface area (Å²) in [7, 11) is 0. The molecule has 0 saturated carbocycles. The topological polar surface area (TPSA) is 53.6 Å². The van der Waals surface area contributed by atoms with Gasteiger partial charge < -0.3 is 20.3 Å². The molecule has 144 valence electrons. The number of amides is 1. The van der Waals surface area contributed by atoms with Crippen LogP contribution in [0.4, 0.5) is 17.1 Å². The van der Waals surface area contributed by atoms with Crippen molar-refractivity contribution in [2.75, 3.05) is 48.4 Å². The molecule has 1 aliphatic heterocycles. The quantitative estimate of drug-likeness (QED) is 0.813. The number of carbonyl (C=O) groups is 1. The molecule has 1 aliphatic rings. The van der Waals surface area contributed by atoms with Gasteiger partial charge in [-0.1, -0.05) is 29.8 Å². The lowest BCUT2D eigenvalue weighted by molar-refractivity contribution is -0.115. The minimum atomic E-state index is 0.0191. The van der Waals surface area contributed by atoms with E-state index in [1.54, 1.807) is 0 Å². The predicted molar refractivity (Wildman–Crippen MR) is 112 cm³/mol. The summed E-state index contributed by atoms with van der Waals surface area (Å²) in [4.78, 5) is 14.7. The molecule has 2 aromatic carbocycles. The number of nitrogens with one attached hydrogen (secondary N) is 2. The molecule has 3 rings (SSSR count). The minimum absolute atomic E-state index is 0.0191. The van der Waals surface area contributed by atoms with Gasteiger partial charge in [-0.25, -0.2) is 0 Å². The number of morpholine rings is 1. The highest BCUT2D eigenvalue weighted by molar-refractivity contribution is 5.94. The highest BCUT2D eigenvalue weighted by Crippen LogP contribution is 2.26. The van der Waals surface area contributed by atoms with Crippen LogP contribution in [0.15, 0.2) is 36.4 Å². The van der Waals surface area contributed by atoms with Crippen LogP contribution in [0.5, 0.6) is 0 Å². The van der Waals surface area contributed by atoms with E-state index in [4.69, 9.17) is 4.74 Å².